The van der Waals surface area contributed by atoms with Gasteiger partial charge < -0.3 is 9.84 Å². The van der Waals surface area contributed by atoms with E-state index in [0.29, 0.717) is 11.3 Å². The SMILES string of the molecule is Cc1c(OC(=O)c2cccc(-c3ccc(C(=O)O)cc3)c2)cc2c(c1C)CC(C1CCCC1)C2. The number of hydrogen-bond donors (Lipinski definition) is 1. The monoisotopic (exact) mass is 454 g/mol. The number of carbonyl (C=O) groups excluding carboxylic acids is 1. The molecule has 1 fully saturated rings. The van der Waals surface area contributed by atoms with Gasteiger partial charge in [-0.2, -0.15) is 0 Å². The number of ether oxygens (including phenoxy) is 1. The first-order valence-electron chi connectivity index (χ1n) is 12.2. The number of carboxylic acid groups (broad SMARTS) is 1. The van der Waals surface area contributed by atoms with E-state index in [2.05, 4.69) is 13.0 Å². The third-order valence-electron chi connectivity index (χ3n) is 7.86. The summed E-state index contributed by atoms with van der Waals surface area (Å²) in [4.78, 5) is 24.2. The maximum atomic E-state index is 13.1. The summed E-state index contributed by atoms with van der Waals surface area (Å²) >= 11 is 0. The number of esters is 1. The Kier molecular flexibility index (Phi) is 5.99. The molecule has 4 nitrogen and oxygen atoms in total. The minimum absolute atomic E-state index is 0.233. The van der Waals surface area contributed by atoms with Crippen molar-refractivity contribution in [2.24, 2.45) is 11.8 Å². The maximum Gasteiger partial charge on any atom is 0.343 e. The highest BCUT2D eigenvalue weighted by atomic mass is 16.5. The van der Waals surface area contributed by atoms with Crippen molar-refractivity contribution in [3.8, 4) is 16.9 Å². The van der Waals surface area contributed by atoms with Crippen LogP contribution in [0.4, 0.5) is 0 Å². The number of carbonyl (C=O) groups is 2. The Morgan fingerprint density at radius 1 is 0.824 bits per heavy atom. The molecule has 0 amide bonds. The molecule has 3 aromatic carbocycles. The van der Waals surface area contributed by atoms with Crippen molar-refractivity contribution < 1.29 is 19.4 Å². The predicted octanol–water partition coefficient (Wildman–Crippen LogP) is 6.79. The number of aromatic carboxylic acids is 1. The van der Waals surface area contributed by atoms with Gasteiger partial charge in [0.15, 0.2) is 0 Å². The van der Waals surface area contributed by atoms with Gasteiger partial charge in [0, 0.05) is 0 Å². The van der Waals surface area contributed by atoms with Crippen molar-refractivity contribution in [2.75, 3.05) is 0 Å². The Hall–Kier alpha value is -3.40. The van der Waals surface area contributed by atoms with E-state index in [0.717, 1.165) is 41.4 Å². The normalized spacial score (nSPS) is 17.5. The van der Waals surface area contributed by atoms with Crippen molar-refractivity contribution in [3.63, 3.8) is 0 Å². The third-order valence-corrected chi connectivity index (χ3v) is 7.86. The van der Waals surface area contributed by atoms with Crippen LogP contribution in [0.15, 0.2) is 54.6 Å². The van der Waals surface area contributed by atoms with Crippen LogP contribution < -0.4 is 4.74 Å². The molecule has 5 rings (SSSR count). The molecule has 0 aromatic heterocycles. The molecular formula is C30H30O4. The van der Waals surface area contributed by atoms with E-state index >= 15 is 0 Å². The Bertz CT molecular complexity index is 1250. The topological polar surface area (TPSA) is 63.6 Å². The summed E-state index contributed by atoms with van der Waals surface area (Å²) in [7, 11) is 0. The summed E-state index contributed by atoms with van der Waals surface area (Å²) in [5.74, 6) is 0.885. The molecule has 1 atom stereocenters. The van der Waals surface area contributed by atoms with Crippen molar-refractivity contribution in [1.29, 1.82) is 0 Å². The summed E-state index contributed by atoms with van der Waals surface area (Å²) in [6.07, 6.45) is 7.68. The smallest absolute Gasteiger partial charge is 0.343 e. The van der Waals surface area contributed by atoms with Crippen LogP contribution in [0.3, 0.4) is 0 Å². The summed E-state index contributed by atoms with van der Waals surface area (Å²) < 4.78 is 5.92. The standard InChI is InChI=1S/C30H30O4/c1-18-19(2)28(17-26-15-25(16-27(18)26)20-6-3-4-7-20)34-30(33)24-9-5-8-23(14-24)21-10-12-22(13-11-21)29(31)32/h5,8-14,17,20,25H,3-4,6-7,15-16H2,1-2H3,(H,31,32). The van der Waals surface area contributed by atoms with Crippen LogP contribution in [0.2, 0.25) is 0 Å². The highest BCUT2D eigenvalue weighted by Crippen LogP contribution is 2.43. The average molecular weight is 455 g/mol. The minimum atomic E-state index is -0.960. The minimum Gasteiger partial charge on any atom is -0.478 e. The van der Waals surface area contributed by atoms with Crippen LogP contribution in [0.1, 0.15) is 68.7 Å². The molecule has 0 aliphatic heterocycles. The molecular weight excluding hydrogens is 424 g/mol. The zero-order valence-corrected chi connectivity index (χ0v) is 19.8. The fourth-order valence-corrected chi connectivity index (χ4v) is 5.75. The largest absolute Gasteiger partial charge is 0.478 e. The fourth-order valence-electron chi connectivity index (χ4n) is 5.75. The van der Waals surface area contributed by atoms with Crippen LogP contribution in [0.25, 0.3) is 11.1 Å². The number of rotatable bonds is 5. The zero-order chi connectivity index (χ0) is 23.8. The second-order valence-electron chi connectivity index (χ2n) is 9.83. The Labute approximate surface area is 200 Å². The van der Waals surface area contributed by atoms with Gasteiger partial charge in [0.25, 0.3) is 0 Å². The quantitative estimate of drug-likeness (QED) is 0.340. The van der Waals surface area contributed by atoms with E-state index in [4.69, 9.17) is 9.84 Å². The molecule has 2 aliphatic carbocycles. The number of hydrogen-bond acceptors (Lipinski definition) is 3. The summed E-state index contributed by atoms with van der Waals surface area (Å²) in [5, 5.41) is 9.11. The second kappa shape index (κ2) is 9.09. The maximum absolute atomic E-state index is 13.1. The van der Waals surface area contributed by atoms with Gasteiger partial charge in [0.2, 0.25) is 0 Å². The molecule has 0 radical (unpaired) electrons. The number of benzene rings is 3. The van der Waals surface area contributed by atoms with Gasteiger partial charge in [0.1, 0.15) is 5.75 Å². The van der Waals surface area contributed by atoms with Gasteiger partial charge in [-0.15, -0.1) is 0 Å². The van der Waals surface area contributed by atoms with E-state index in [-0.39, 0.29) is 11.5 Å². The van der Waals surface area contributed by atoms with Crippen molar-refractivity contribution in [1.82, 2.24) is 0 Å². The van der Waals surface area contributed by atoms with Gasteiger partial charge in [-0.05, 0) is 102 Å². The number of carboxylic acids is 1. The molecule has 1 N–H and O–H groups in total. The van der Waals surface area contributed by atoms with Gasteiger partial charge in [-0.25, -0.2) is 9.59 Å². The van der Waals surface area contributed by atoms with Crippen LogP contribution in [0.5, 0.6) is 5.75 Å². The fraction of sp³-hybridized carbons (Fsp3) is 0.333. The molecule has 4 heteroatoms. The lowest BCUT2D eigenvalue weighted by Gasteiger charge is -2.17. The van der Waals surface area contributed by atoms with E-state index in [9.17, 15) is 9.59 Å². The number of fused-ring (bicyclic) bond motifs is 1. The van der Waals surface area contributed by atoms with E-state index < -0.39 is 5.97 Å². The summed E-state index contributed by atoms with van der Waals surface area (Å²) in [6.45, 7) is 4.20. The van der Waals surface area contributed by atoms with Gasteiger partial charge in [0.05, 0.1) is 11.1 Å². The predicted molar refractivity (Wildman–Crippen MR) is 133 cm³/mol. The Morgan fingerprint density at radius 3 is 2.26 bits per heavy atom. The summed E-state index contributed by atoms with van der Waals surface area (Å²) in [5.41, 5.74) is 7.50. The van der Waals surface area contributed by atoms with Crippen molar-refractivity contribution in [2.45, 2.75) is 52.4 Å². The molecule has 2 aliphatic rings. The lowest BCUT2D eigenvalue weighted by molar-refractivity contribution is 0.0694. The van der Waals surface area contributed by atoms with Crippen LogP contribution in [-0.2, 0) is 12.8 Å². The molecule has 0 bridgehead atoms. The molecule has 174 valence electrons. The first kappa shape index (κ1) is 22.4. The van der Waals surface area contributed by atoms with Crippen molar-refractivity contribution in [3.05, 3.63) is 88.0 Å². The third kappa shape index (κ3) is 4.25. The van der Waals surface area contributed by atoms with Gasteiger partial charge in [-0.3, -0.25) is 0 Å². The second-order valence-corrected chi connectivity index (χ2v) is 9.83. The average Bonchev–Trinajstić information content (AvgIpc) is 3.53. The van der Waals surface area contributed by atoms with Gasteiger partial charge in [-0.1, -0.05) is 49.9 Å². The van der Waals surface area contributed by atoms with Crippen molar-refractivity contribution >= 4 is 11.9 Å². The van der Waals surface area contributed by atoms with Crippen LogP contribution >= 0.6 is 0 Å². The first-order valence-corrected chi connectivity index (χ1v) is 12.2. The van der Waals surface area contributed by atoms with E-state index in [1.807, 2.05) is 19.1 Å². The molecule has 1 saturated carbocycles. The van der Waals surface area contributed by atoms with E-state index in [1.54, 1.807) is 36.4 Å². The zero-order valence-electron chi connectivity index (χ0n) is 19.8. The molecule has 0 spiro atoms. The molecule has 0 saturated heterocycles. The lowest BCUT2D eigenvalue weighted by Crippen LogP contribution is -2.11. The molecule has 1 unspecified atom stereocenters. The molecule has 0 heterocycles. The first-order chi connectivity index (χ1) is 16.4. The van der Waals surface area contributed by atoms with Crippen LogP contribution in [0, 0.1) is 25.7 Å². The highest BCUT2D eigenvalue weighted by molar-refractivity contribution is 5.93. The Morgan fingerprint density at radius 2 is 1.56 bits per heavy atom. The molecule has 3 aromatic rings. The van der Waals surface area contributed by atoms with Gasteiger partial charge >= 0.3 is 11.9 Å². The molecule has 34 heavy (non-hydrogen) atoms. The van der Waals surface area contributed by atoms with E-state index in [1.165, 1.54) is 42.4 Å². The Balaban J connectivity index is 1.36. The summed E-state index contributed by atoms with van der Waals surface area (Å²) in [6, 6.07) is 16.0. The van der Waals surface area contributed by atoms with Crippen LogP contribution in [-0.4, -0.2) is 17.0 Å². The highest BCUT2D eigenvalue weighted by Gasteiger charge is 2.32. The lowest BCUT2D eigenvalue weighted by atomic mass is 9.88.